The fourth-order valence-corrected chi connectivity index (χ4v) is 4.81. The van der Waals surface area contributed by atoms with Gasteiger partial charge in [0.1, 0.15) is 0 Å². The van der Waals surface area contributed by atoms with Gasteiger partial charge >= 0.3 is 0 Å². The molecule has 3 saturated carbocycles. The third-order valence-corrected chi connectivity index (χ3v) is 7.27. The van der Waals surface area contributed by atoms with Crippen LogP contribution in [0.3, 0.4) is 0 Å². The average molecular weight is 264 g/mol. The van der Waals surface area contributed by atoms with Gasteiger partial charge in [0.2, 0.25) is 0 Å². The zero-order valence-electron chi connectivity index (χ0n) is 13.5. The molecule has 3 fully saturated rings. The Morgan fingerprint density at radius 3 is 2.37 bits per heavy atom. The summed E-state index contributed by atoms with van der Waals surface area (Å²) >= 11 is 0. The van der Waals surface area contributed by atoms with Crippen molar-refractivity contribution in [2.75, 3.05) is 13.6 Å². The van der Waals surface area contributed by atoms with Gasteiger partial charge in [0.25, 0.3) is 0 Å². The highest BCUT2D eigenvalue weighted by molar-refractivity contribution is 5.13. The minimum atomic E-state index is 0.523. The number of hydrogen-bond acceptors (Lipinski definition) is 2. The van der Waals surface area contributed by atoms with E-state index in [9.17, 15) is 0 Å². The maximum absolute atomic E-state index is 3.93. The predicted molar refractivity (Wildman–Crippen MR) is 81.3 cm³/mol. The lowest BCUT2D eigenvalue weighted by atomic mass is 9.69. The highest BCUT2D eigenvalue weighted by Gasteiger charge is 2.61. The molecule has 0 aliphatic heterocycles. The molecular weight excluding hydrogens is 232 g/mol. The van der Waals surface area contributed by atoms with Crippen molar-refractivity contribution in [2.45, 2.75) is 77.9 Å². The highest BCUT2D eigenvalue weighted by atomic mass is 15.2. The van der Waals surface area contributed by atoms with Crippen LogP contribution in [0.1, 0.15) is 59.8 Å². The first-order valence-corrected chi connectivity index (χ1v) is 8.31. The summed E-state index contributed by atoms with van der Waals surface area (Å²) in [6.45, 7) is 11.1. The number of nitrogens with one attached hydrogen (secondary N) is 1. The summed E-state index contributed by atoms with van der Waals surface area (Å²) in [6, 6.07) is 2.30. The molecule has 0 aromatic carbocycles. The number of fused-ring (bicyclic) bond motifs is 2. The molecule has 0 heterocycles. The largest absolute Gasteiger partial charge is 0.312 e. The molecule has 110 valence electrons. The Labute approximate surface area is 119 Å². The van der Waals surface area contributed by atoms with E-state index in [0.29, 0.717) is 16.9 Å². The summed E-state index contributed by atoms with van der Waals surface area (Å²) in [4.78, 5) is 2.58. The molecule has 3 aliphatic carbocycles. The van der Waals surface area contributed by atoms with E-state index >= 15 is 0 Å². The average Bonchev–Trinajstić information content (AvgIpc) is 3.14. The molecule has 0 aromatic rings. The van der Waals surface area contributed by atoms with Crippen LogP contribution >= 0.6 is 0 Å². The van der Waals surface area contributed by atoms with E-state index < -0.39 is 0 Å². The minimum Gasteiger partial charge on any atom is -0.312 e. The van der Waals surface area contributed by atoms with Crippen molar-refractivity contribution in [3.8, 4) is 0 Å². The first kappa shape index (κ1) is 13.9. The van der Waals surface area contributed by atoms with Gasteiger partial charge in [-0.25, -0.2) is 0 Å². The number of nitrogens with zero attached hydrogens (tertiary/aromatic N) is 1. The van der Waals surface area contributed by atoms with E-state index in [1.165, 1.54) is 32.1 Å². The van der Waals surface area contributed by atoms with Crippen LogP contribution in [0.4, 0.5) is 0 Å². The lowest BCUT2D eigenvalue weighted by Gasteiger charge is -2.40. The fourth-order valence-electron chi connectivity index (χ4n) is 4.81. The normalized spacial score (nSPS) is 42.0. The van der Waals surface area contributed by atoms with Crippen LogP contribution in [0, 0.1) is 16.7 Å². The molecule has 3 aliphatic rings. The van der Waals surface area contributed by atoms with Gasteiger partial charge in [0.15, 0.2) is 0 Å². The van der Waals surface area contributed by atoms with Crippen molar-refractivity contribution in [3.05, 3.63) is 0 Å². The Bertz CT molecular complexity index is 347. The van der Waals surface area contributed by atoms with E-state index in [1.54, 1.807) is 0 Å². The van der Waals surface area contributed by atoms with Crippen molar-refractivity contribution in [1.29, 1.82) is 0 Å². The van der Waals surface area contributed by atoms with E-state index in [1.807, 2.05) is 0 Å². The van der Waals surface area contributed by atoms with E-state index in [4.69, 9.17) is 0 Å². The van der Waals surface area contributed by atoms with Gasteiger partial charge in [-0.2, -0.15) is 0 Å². The lowest BCUT2D eigenvalue weighted by Crippen LogP contribution is -2.49. The van der Waals surface area contributed by atoms with E-state index in [-0.39, 0.29) is 0 Å². The van der Waals surface area contributed by atoms with Gasteiger partial charge in [-0.15, -0.1) is 0 Å². The molecule has 0 amide bonds. The molecule has 2 nitrogen and oxygen atoms in total. The van der Waals surface area contributed by atoms with E-state index in [2.05, 4.69) is 45.0 Å². The Morgan fingerprint density at radius 1 is 1.21 bits per heavy atom. The van der Waals surface area contributed by atoms with E-state index in [0.717, 1.165) is 24.5 Å². The molecule has 0 aromatic heterocycles. The predicted octanol–water partition coefficient (Wildman–Crippen LogP) is 3.27. The molecule has 1 N–H and O–H groups in total. The quantitative estimate of drug-likeness (QED) is 0.820. The van der Waals surface area contributed by atoms with Crippen LogP contribution in [0.2, 0.25) is 0 Å². The molecule has 2 heteroatoms. The summed E-state index contributed by atoms with van der Waals surface area (Å²) in [5.41, 5.74) is 1.06. The second-order valence-electron chi connectivity index (χ2n) is 8.32. The van der Waals surface area contributed by atoms with Gasteiger partial charge in [-0.1, -0.05) is 20.8 Å². The Morgan fingerprint density at radius 2 is 1.89 bits per heavy atom. The molecule has 0 saturated heterocycles. The summed E-state index contributed by atoms with van der Waals surface area (Å²) in [5.74, 6) is 0.950. The monoisotopic (exact) mass is 264 g/mol. The van der Waals surface area contributed by atoms with Crippen LogP contribution in [0.15, 0.2) is 0 Å². The standard InChI is InChI=1S/C17H32N2/c1-12(19(5)14-6-7-14)11-18-15-10-13-8-9-17(15,4)16(13,2)3/h12-15,18H,6-11H2,1-5H3. The van der Waals surface area contributed by atoms with Gasteiger partial charge in [-0.05, 0) is 62.8 Å². The van der Waals surface area contributed by atoms with Gasteiger partial charge < -0.3 is 5.32 Å². The van der Waals surface area contributed by atoms with Crippen molar-refractivity contribution < 1.29 is 0 Å². The molecule has 3 rings (SSSR count). The molecule has 2 bridgehead atoms. The molecular formula is C17H32N2. The zero-order valence-corrected chi connectivity index (χ0v) is 13.5. The Kier molecular flexibility index (Phi) is 3.26. The maximum atomic E-state index is 3.93. The summed E-state index contributed by atoms with van der Waals surface area (Å²) < 4.78 is 0. The van der Waals surface area contributed by atoms with Crippen molar-refractivity contribution in [3.63, 3.8) is 0 Å². The first-order chi connectivity index (χ1) is 8.86. The lowest BCUT2D eigenvalue weighted by molar-refractivity contribution is 0.115. The third-order valence-electron chi connectivity index (χ3n) is 7.27. The van der Waals surface area contributed by atoms with Crippen LogP contribution in [0.5, 0.6) is 0 Å². The van der Waals surface area contributed by atoms with Gasteiger partial charge in [0.05, 0.1) is 0 Å². The van der Waals surface area contributed by atoms with Crippen LogP contribution in [-0.4, -0.2) is 36.6 Å². The second-order valence-corrected chi connectivity index (χ2v) is 8.32. The molecule has 4 atom stereocenters. The second kappa shape index (κ2) is 4.46. The van der Waals surface area contributed by atoms with Crippen molar-refractivity contribution in [1.82, 2.24) is 10.2 Å². The topological polar surface area (TPSA) is 15.3 Å². The van der Waals surface area contributed by atoms with Crippen LogP contribution in [0.25, 0.3) is 0 Å². The van der Waals surface area contributed by atoms with Crippen LogP contribution in [-0.2, 0) is 0 Å². The SMILES string of the molecule is CC(CNC1CC2CCC1(C)C2(C)C)N(C)C1CC1. The Hall–Kier alpha value is -0.0800. The summed E-state index contributed by atoms with van der Waals surface area (Å²) in [7, 11) is 2.30. The third kappa shape index (κ3) is 2.06. The number of likely N-dealkylation sites (N-methyl/N-ethyl adjacent to an activating group) is 1. The van der Waals surface area contributed by atoms with Crippen molar-refractivity contribution >= 4 is 0 Å². The van der Waals surface area contributed by atoms with Crippen molar-refractivity contribution in [2.24, 2.45) is 16.7 Å². The van der Waals surface area contributed by atoms with Gasteiger partial charge in [0, 0.05) is 24.7 Å². The first-order valence-electron chi connectivity index (χ1n) is 8.31. The number of rotatable bonds is 5. The molecule has 0 radical (unpaired) electrons. The van der Waals surface area contributed by atoms with Gasteiger partial charge in [-0.3, -0.25) is 4.90 Å². The van der Waals surface area contributed by atoms with Crippen LogP contribution < -0.4 is 5.32 Å². The fraction of sp³-hybridized carbons (Fsp3) is 1.00. The molecule has 0 spiro atoms. The zero-order chi connectivity index (χ0) is 13.8. The Balaban J connectivity index is 1.57. The summed E-state index contributed by atoms with van der Waals surface area (Å²) in [5, 5.41) is 3.93. The highest BCUT2D eigenvalue weighted by Crippen LogP contribution is 2.65. The minimum absolute atomic E-state index is 0.523. The smallest absolute Gasteiger partial charge is 0.0192 e. The number of hydrogen-bond donors (Lipinski definition) is 1. The summed E-state index contributed by atoms with van der Waals surface area (Å²) in [6.07, 6.45) is 7.12. The molecule has 19 heavy (non-hydrogen) atoms. The maximum Gasteiger partial charge on any atom is 0.0192 e. The molecule has 4 unspecified atom stereocenters.